The number of carboxylic acid groups (broad SMARTS) is 8. The highest BCUT2D eigenvalue weighted by molar-refractivity contribution is 6.28. The second-order valence-electron chi connectivity index (χ2n) is 28.9. The van der Waals surface area contributed by atoms with E-state index < -0.39 is 95.3 Å². The molecule has 0 amide bonds. The highest BCUT2D eigenvalue weighted by Gasteiger charge is 2.50. The number of rotatable bonds is 20. The zero-order valence-electron chi connectivity index (χ0n) is 68.3. The highest BCUT2D eigenvalue weighted by Crippen LogP contribution is 2.54. The van der Waals surface area contributed by atoms with Gasteiger partial charge >= 0.3 is 47.8 Å². The van der Waals surface area contributed by atoms with Crippen molar-refractivity contribution in [3.63, 3.8) is 0 Å². The molecule has 124 heavy (non-hydrogen) atoms. The van der Waals surface area contributed by atoms with Crippen LogP contribution < -0.4 is 0 Å². The molecule has 0 saturated heterocycles. The van der Waals surface area contributed by atoms with E-state index in [4.69, 9.17) is 119 Å². The van der Waals surface area contributed by atoms with Crippen molar-refractivity contribution in [1.82, 2.24) is 19.6 Å². The van der Waals surface area contributed by atoms with Gasteiger partial charge in [0.1, 0.15) is 45.7 Å². The van der Waals surface area contributed by atoms with Crippen LogP contribution in [0.3, 0.4) is 0 Å². The molecule has 32 nitrogen and oxygen atoms in total. The molecule has 8 aromatic carbocycles. The summed E-state index contributed by atoms with van der Waals surface area (Å²) in [5.41, 5.74) is 7.52. The molecule has 0 bridgehead atoms. The van der Waals surface area contributed by atoms with Gasteiger partial charge in [0.2, 0.25) is 0 Å². The van der Waals surface area contributed by atoms with Crippen LogP contribution in [-0.2, 0) is 79.7 Å². The van der Waals surface area contributed by atoms with Gasteiger partial charge < -0.3 is 99.8 Å². The summed E-state index contributed by atoms with van der Waals surface area (Å²) >= 11 is 0. The number of aliphatic hydroxyl groups is 4. The molecule has 0 unspecified atom stereocenters. The lowest BCUT2D eigenvalue weighted by molar-refractivity contribution is -0.159. The number of ether oxygens (including phenoxy) is 4. The summed E-state index contributed by atoms with van der Waals surface area (Å²) in [5.74, 6) is -15.8. The van der Waals surface area contributed by atoms with Gasteiger partial charge in [0, 0.05) is 22.3 Å². The number of hydrogen-bond donors (Lipinski definition) is 12. The van der Waals surface area contributed by atoms with Gasteiger partial charge in [-0.3, -0.25) is 0 Å². The van der Waals surface area contributed by atoms with Crippen LogP contribution in [0.4, 0.5) is 17.6 Å². The van der Waals surface area contributed by atoms with E-state index >= 15 is 0 Å². The Morgan fingerprint density at radius 2 is 0.444 bits per heavy atom. The van der Waals surface area contributed by atoms with Gasteiger partial charge in [0.25, 0.3) is 0 Å². The number of hydrogen-bond acceptors (Lipinski definition) is 24. The van der Waals surface area contributed by atoms with E-state index in [0.717, 1.165) is 96.4 Å². The van der Waals surface area contributed by atoms with Crippen molar-refractivity contribution < 1.29 is 136 Å². The Balaban J connectivity index is 0.000000269. The molecule has 12 N–H and O–H groups in total. The predicted octanol–water partition coefficient (Wildman–Crippen LogP) is 9.84. The van der Waals surface area contributed by atoms with E-state index in [1.165, 1.54) is 48.5 Å². The number of halogens is 4. The molecule has 656 valence electrons. The number of carboxylic acids is 8. The summed E-state index contributed by atoms with van der Waals surface area (Å²) in [5, 5.41) is 137. The molecule has 0 spiro atoms. The molecule has 4 aliphatic rings. The van der Waals surface area contributed by atoms with Crippen LogP contribution in [-0.4, -0.2) is 211 Å². The summed E-state index contributed by atoms with van der Waals surface area (Å²) in [7, 11) is 16.0. The first-order chi connectivity index (χ1) is 58.4. The largest absolute Gasteiger partial charge is 0.473 e. The molecule has 4 aliphatic heterocycles. The number of nitriles is 4. The average molecular weight is 1720 g/mol. The SMILES string of the molecule is CN(C)CCC[C@@]1(c2ccc(F)cc2)O[C@@H](O)c2cc(C#N)ccc21.CN(C)CCC[C@@]1(c2ccc(F)cc2)O[C@H](O)c2cc(C#N)ccc21.CN(C)CCC[C@]1(c2ccc(F)cc2)O[C@@H](O)c2cc(C#N)ccc21.CN(C)CCC[C@]1(c2ccc(F)cc2)O[C@H](O)c2cc(C#N)ccc21.O=C(O)C(=O)O.O=C(O)C(=O)O.O=C(O)C(=O)O.O=C(O)C(=O)O. The lowest BCUT2D eigenvalue weighted by atomic mass is 9.81. The molecule has 4 heterocycles. The minimum Gasteiger partial charge on any atom is -0.473 e. The van der Waals surface area contributed by atoms with E-state index in [9.17, 15) is 38.0 Å². The van der Waals surface area contributed by atoms with Crippen LogP contribution in [0.2, 0.25) is 0 Å². The van der Waals surface area contributed by atoms with Crippen molar-refractivity contribution in [1.29, 1.82) is 21.0 Å². The second-order valence-corrected chi connectivity index (χ2v) is 28.9. The van der Waals surface area contributed by atoms with Crippen molar-refractivity contribution in [2.24, 2.45) is 0 Å². The molecule has 0 aromatic heterocycles. The molecular weight excluding hydrogens is 1630 g/mol. The fourth-order valence-electron chi connectivity index (χ4n) is 13.8. The normalized spacial score (nSPS) is 19.2. The van der Waals surface area contributed by atoms with Gasteiger partial charge in [-0.05, 0) is 275 Å². The van der Waals surface area contributed by atoms with Gasteiger partial charge in [-0.1, -0.05) is 72.8 Å². The molecule has 12 rings (SSSR count). The van der Waals surface area contributed by atoms with Gasteiger partial charge in [-0.2, -0.15) is 21.0 Å². The molecule has 8 atom stereocenters. The number of carbonyl (C=O) groups is 8. The Bertz CT molecular complexity index is 4540. The lowest BCUT2D eigenvalue weighted by Gasteiger charge is -2.31. The summed E-state index contributed by atoms with van der Waals surface area (Å²) in [6, 6.07) is 54.1. The molecule has 0 aliphatic carbocycles. The molecule has 0 radical (unpaired) electrons. The Hall–Kier alpha value is -13.3. The van der Waals surface area contributed by atoms with Crippen LogP contribution in [0.15, 0.2) is 170 Å². The third-order valence-electron chi connectivity index (χ3n) is 19.3. The quantitative estimate of drug-likeness (QED) is 0.0249. The minimum absolute atomic E-state index is 0.314. The topological polar surface area (TPSA) is 524 Å². The maximum Gasteiger partial charge on any atom is 0.414 e. The van der Waals surface area contributed by atoms with Crippen LogP contribution in [0, 0.1) is 68.6 Å². The zero-order valence-corrected chi connectivity index (χ0v) is 68.3. The first-order valence-corrected chi connectivity index (χ1v) is 37.5. The molecule has 0 saturated carbocycles. The van der Waals surface area contributed by atoms with Crippen LogP contribution in [0.25, 0.3) is 0 Å². The Morgan fingerprint density at radius 3 is 0.573 bits per heavy atom. The van der Waals surface area contributed by atoms with Gasteiger partial charge in [0.05, 0.1) is 46.5 Å². The zero-order chi connectivity index (χ0) is 92.7. The van der Waals surface area contributed by atoms with E-state index in [1.54, 1.807) is 97.1 Å². The van der Waals surface area contributed by atoms with Gasteiger partial charge in [-0.25, -0.2) is 55.9 Å². The second kappa shape index (κ2) is 46.7. The highest BCUT2D eigenvalue weighted by atomic mass is 19.1. The van der Waals surface area contributed by atoms with Gasteiger partial charge in [-0.15, -0.1) is 0 Å². The van der Waals surface area contributed by atoms with E-state index in [1.807, 2.05) is 80.6 Å². The monoisotopic (exact) mass is 1720 g/mol. The van der Waals surface area contributed by atoms with Gasteiger partial charge in [0.15, 0.2) is 25.2 Å². The number of aliphatic carboxylic acids is 8. The van der Waals surface area contributed by atoms with Crippen LogP contribution in [0.1, 0.15) is 166 Å². The van der Waals surface area contributed by atoms with E-state index in [-0.39, 0.29) is 23.3 Å². The predicted molar refractivity (Wildman–Crippen MR) is 430 cm³/mol. The molecule has 0 fully saturated rings. The minimum atomic E-state index is -1.82. The first-order valence-electron chi connectivity index (χ1n) is 37.5. The summed E-state index contributed by atoms with van der Waals surface area (Å²) < 4.78 is 77.7. The third kappa shape index (κ3) is 27.4. The molecule has 8 aromatic rings. The lowest BCUT2D eigenvalue weighted by Crippen LogP contribution is -2.29. The summed E-state index contributed by atoms with van der Waals surface area (Å²) in [6.07, 6.45) is 1.54. The maximum absolute atomic E-state index is 13.4. The number of nitrogens with zero attached hydrogens (tertiary/aromatic N) is 8. The summed E-state index contributed by atoms with van der Waals surface area (Å²) in [6.45, 7) is 3.48. The number of benzene rings is 8. The maximum atomic E-state index is 13.4. The van der Waals surface area contributed by atoms with E-state index in [2.05, 4.69) is 43.9 Å². The molecular formula is C88H92F4N8O24. The fourth-order valence-corrected chi connectivity index (χ4v) is 13.8. The van der Waals surface area contributed by atoms with E-state index in [0.29, 0.717) is 70.2 Å². The first kappa shape index (κ1) is 101. The molecule has 36 heteroatoms. The fraction of sp³-hybridized carbons (Fsp3) is 0.318. The van der Waals surface area contributed by atoms with Crippen molar-refractivity contribution in [3.05, 3.63) is 282 Å². The average Bonchev–Trinajstić information content (AvgIpc) is 1.62. The summed E-state index contributed by atoms with van der Waals surface area (Å²) in [4.78, 5) is 81.1. The van der Waals surface area contributed by atoms with Crippen LogP contribution >= 0.6 is 0 Å². The Labute approximate surface area is 709 Å². The Morgan fingerprint density at radius 1 is 0.290 bits per heavy atom. The smallest absolute Gasteiger partial charge is 0.414 e. The number of fused-ring (bicyclic) bond motifs is 4. The van der Waals surface area contributed by atoms with Crippen molar-refractivity contribution in [2.75, 3.05) is 82.6 Å². The van der Waals surface area contributed by atoms with Crippen molar-refractivity contribution >= 4 is 47.8 Å². The standard InChI is InChI=1S/4C20H21FN2O2.4C2H2O4/c4*1-23(2)11-3-10-20(15-5-7-16(21)8-6-15)18-9-4-14(13-22)12-17(18)19(24)25-20;4*3-1(4)2(5)6/h4*4-9,12,19,24H,3,10-11H2,1-2H3;4*(H,3,4)(H,5,6)/t2*19-,20+;2*19-,20-;;;;/m1010..../s1. The number of aliphatic hydroxyl groups excluding tert-OH is 4. The third-order valence-corrected chi connectivity index (χ3v) is 19.3. The van der Waals surface area contributed by atoms with Crippen molar-refractivity contribution in [2.45, 2.75) is 98.9 Å². The Kier molecular flexibility index (Phi) is 38.1. The van der Waals surface area contributed by atoms with Crippen LogP contribution in [0.5, 0.6) is 0 Å². The van der Waals surface area contributed by atoms with Crippen molar-refractivity contribution in [3.8, 4) is 24.3 Å².